The third kappa shape index (κ3) is 5.36. The van der Waals surface area contributed by atoms with Gasteiger partial charge in [0.2, 0.25) is 0 Å². The van der Waals surface area contributed by atoms with Crippen molar-refractivity contribution in [1.29, 1.82) is 0 Å². The lowest BCUT2D eigenvalue weighted by molar-refractivity contribution is -0.384. The van der Waals surface area contributed by atoms with E-state index in [1.54, 1.807) is 12.1 Å². The molecule has 0 aliphatic heterocycles. The van der Waals surface area contributed by atoms with Crippen molar-refractivity contribution < 1.29 is 14.5 Å². The molecule has 6 heteroatoms. The predicted octanol–water partition coefficient (Wildman–Crippen LogP) is 2.88. The average Bonchev–Trinajstić information content (AvgIpc) is 2.42. The minimum Gasteiger partial charge on any atom is -0.381 e. The minimum atomic E-state index is -0.495. The van der Waals surface area contributed by atoms with Crippen LogP contribution in [0.25, 0.3) is 0 Å². The van der Waals surface area contributed by atoms with Crippen molar-refractivity contribution in [3.05, 3.63) is 33.9 Å². The van der Waals surface area contributed by atoms with Crippen molar-refractivity contribution in [1.82, 2.24) is 0 Å². The number of anilines is 1. The van der Waals surface area contributed by atoms with E-state index in [0.29, 0.717) is 43.2 Å². The maximum absolute atomic E-state index is 10.9. The van der Waals surface area contributed by atoms with Crippen LogP contribution in [0.5, 0.6) is 0 Å². The smallest absolute Gasteiger partial charge is 0.293 e. The fourth-order valence-electron chi connectivity index (χ4n) is 1.64. The van der Waals surface area contributed by atoms with Gasteiger partial charge in [-0.3, -0.25) is 14.9 Å². The van der Waals surface area contributed by atoms with Crippen LogP contribution in [0, 0.1) is 16.0 Å². The summed E-state index contributed by atoms with van der Waals surface area (Å²) in [5.41, 5.74) is 0.629. The first-order valence-electron chi connectivity index (χ1n) is 6.60. The number of nitrogens with one attached hydrogen (secondary N) is 1. The average molecular weight is 280 g/mol. The van der Waals surface area contributed by atoms with Crippen molar-refractivity contribution in [2.24, 2.45) is 5.92 Å². The Labute approximate surface area is 118 Å². The summed E-state index contributed by atoms with van der Waals surface area (Å²) in [6, 6.07) is 4.37. The van der Waals surface area contributed by atoms with Gasteiger partial charge in [0.15, 0.2) is 0 Å². The number of carbonyl (C=O) groups is 1. The van der Waals surface area contributed by atoms with Crippen molar-refractivity contribution in [2.75, 3.05) is 25.1 Å². The van der Waals surface area contributed by atoms with Gasteiger partial charge in [0.1, 0.15) is 12.0 Å². The lowest BCUT2D eigenvalue weighted by Crippen LogP contribution is -2.09. The number of nitrogens with zero attached hydrogens (tertiary/aromatic N) is 1. The Bertz CT molecular complexity index is 460. The molecule has 0 bridgehead atoms. The van der Waals surface area contributed by atoms with Crippen LogP contribution in [0.2, 0.25) is 0 Å². The van der Waals surface area contributed by atoms with E-state index in [4.69, 9.17) is 4.74 Å². The molecule has 0 spiro atoms. The first-order chi connectivity index (χ1) is 9.54. The molecule has 1 aromatic rings. The summed E-state index contributed by atoms with van der Waals surface area (Å²) in [6.45, 7) is 6.07. The maximum Gasteiger partial charge on any atom is 0.293 e. The third-order valence-electron chi connectivity index (χ3n) is 2.59. The van der Waals surface area contributed by atoms with E-state index in [2.05, 4.69) is 19.2 Å². The highest BCUT2D eigenvalue weighted by Crippen LogP contribution is 2.24. The number of ether oxygens (including phenoxy) is 1. The second kappa shape index (κ2) is 8.27. The van der Waals surface area contributed by atoms with E-state index < -0.39 is 4.92 Å². The molecule has 0 unspecified atom stereocenters. The molecule has 0 aromatic heterocycles. The van der Waals surface area contributed by atoms with Gasteiger partial charge in [0.25, 0.3) is 5.69 Å². The molecular weight excluding hydrogens is 260 g/mol. The quantitative estimate of drug-likeness (QED) is 0.325. The molecule has 0 aliphatic carbocycles. The zero-order valence-corrected chi connectivity index (χ0v) is 11.8. The highest BCUT2D eigenvalue weighted by molar-refractivity contribution is 5.79. The number of rotatable bonds is 9. The van der Waals surface area contributed by atoms with Crippen LogP contribution in [0.4, 0.5) is 11.4 Å². The molecule has 0 aliphatic rings. The molecule has 0 saturated carbocycles. The predicted molar refractivity (Wildman–Crippen MR) is 77.2 cm³/mol. The lowest BCUT2D eigenvalue weighted by atomic mass is 10.2. The largest absolute Gasteiger partial charge is 0.381 e. The summed E-state index contributed by atoms with van der Waals surface area (Å²) in [5, 5.41) is 13.9. The number of aldehydes is 1. The third-order valence-corrected chi connectivity index (χ3v) is 2.59. The van der Waals surface area contributed by atoms with Crippen molar-refractivity contribution in [3.63, 3.8) is 0 Å². The van der Waals surface area contributed by atoms with Gasteiger partial charge < -0.3 is 10.1 Å². The fourth-order valence-corrected chi connectivity index (χ4v) is 1.64. The lowest BCUT2D eigenvalue weighted by Gasteiger charge is -2.09. The van der Waals surface area contributed by atoms with Gasteiger partial charge in [0.05, 0.1) is 4.92 Å². The summed E-state index contributed by atoms with van der Waals surface area (Å²) in [4.78, 5) is 21.0. The molecule has 0 atom stereocenters. The van der Waals surface area contributed by atoms with Crippen LogP contribution in [-0.4, -0.2) is 31.0 Å². The normalized spacial score (nSPS) is 10.6. The van der Waals surface area contributed by atoms with Crippen LogP contribution in [0.1, 0.15) is 30.6 Å². The second-order valence-electron chi connectivity index (χ2n) is 4.90. The molecule has 0 amide bonds. The minimum absolute atomic E-state index is 0.0855. The van der Waals surface area contributed by atoms with E-state index in [0.717, 1.165) is 6.42 Å². The zero-order chi connectivity index (χ0) is 15.0. The van der Waals surface area contributed by atoms with Gasteiger partial charge in [-0.05, 0) is 24.5 Å². The first kappa shape index (κ1) is 16.1. The van der Waals surface area contributed by atoms with Crippen LogP contribution < -0.4 is 5.32 Å². The van der Waals surface area contributed by atoms with Gasteiger partial charge in [0, 0.05) is 31.4 Å². The van der Waals surface area contributed by atoms with Crippen molar-refractivity contribution >= 4 is 17.7 Å². The Balaban J connectivity index is 2.47. The zero-order valence-electron chi connectivity index (χ0n) is 11.8. The molecule has 6 nitrogen and oxygen atoms in total. The Morgan fingerprint density at radius 3 is 2.80 bits per heavy atom. The molecular formula is C14H20N2O4. The molecule has 0 fully saturated rings. The number of hydrogen-bond acceptors (Lipinski definition) is 5. The molecule has 20 heavy (non-hydrogen) atoms. The van der Waals surface area contributed by atoms with Crippen molar-refractivity contribution in [2.45, 2.75) is 20.3 Å². The van der Waals surface area contributed by atoms with Crippen LogP contribution in [0.3, 0.4) is 0 Å². The summed E-state index contributed by atoms with van der Waals surface area (Å²) in [7, 11) is 0. The fraction of sp³-hybridized carbons (Fsp3) is 0.500. The van der Waals surface area contributed by atoms with Gasteiger partial charge in [-0.15, -0.1) is 0 Å². The summed E-state index contributed by atoms with van der Waals surface area (Å²) in [5.74, 6) is 0.500. The number of carbonyl (C=O) groups excluding carboxylic acids is 1. The highest BCUT2D eigenvalue weighted by Gasteiger charge is 2.13. The molecule has 1 aromatic carbocycles. The van der Waals surface area contributed by atoms with Gasteiger partial charge >= 0.3 is 0 Å². The Morgan fingerprint density at radius 1 is 1.45 bits per heavy atom. The monoisotopic (exact) mass is 280 g/mol. The number of benzene rings is 1. The van der Waals surface area contributed by atoms with Crippen LogP contribution >= 0.6 is 0 Å². The van der Waals surface area contributed by atoms with Crippen LogP contribution in [-0.2, 0) is 4.74 Å². The Hall–Kier alpha value is -1.95. The topological polar surface area (TPSA) is 81.5 Å². The van der Waals surface area contributed by atoms with Gasteiger partial charge in [-0.25, -0.2) is 0 Å². The molecule has 1 rings (SSSR count). The second-order valence-corrected chi connectivity index (χ2v) is 4.90. The number of nitro groups is 1. The van der Waals surface area contributed by atoms with E-state index in [1.165, 1.54) is 6.07 Å². The van der Waals surface area contributed by atoms with E-state index in [-0.39, 0.29) is 5.69 Å². The van der Waals surface area contributed by atoms with Crippen molar-refractivity contribution in [3.8, 4) is 0 Å². The van der Waals surface area contributed by atoms with Crippen LogP contribution in [0.15, 0.2) is 18.2 Å². The standard InChI is InChI=1S/C14H20N2O4/c1-11(2)10-20-7-3-6-15-13-5-4-12(9-17)8-14(13)16(18)19/h4-5,8-9,11,15H,3,6-7,10H2,1-2H3. The first-order valence-corrected chi connectivity index (χ1v) is 6.60. The highest BCUT2D eigenvalue weighted by atomic mass is 16.6. The number of nitro benzene ring substituents is 1. The molecule has 0 heterocycles. The Morgan fingerprint density at radius 2 is 2.20 bits per heavy atom. The van der Waals surface area contributed by atoms with E-state index in [9.17, 15) is 14.9 Å². The summed E-state index contributed by atoms with van der Waals surface area (Å²) in [6.07, 6.45) is 1.36. The molecule has 0 saturated heterocycles. The molecule has 110 valence electrons. The van der Waals surface area contributed by atoms with Gasteiger partial charge in [-0.2, -0.15) is 0 Å². The molecule has 0 radical (unpaired) electrons. The molecule has 1 N–H and O–H groups in total. The number of hydrogen-bond donors (Lipinski definition) is 1. The van der Waals surface area contributed by atoms with E-state index >= 15 is 0 Å². The SMILES string of the molecule is CC(C)COCCCNc1ccc(C=O)cc1[N+](=O)[O-]. The summed E-state index contributed by atoms with van der Waals surface area (Å²) < 4.78 is 5.43. The van der Waals surface area contributed by atoms with E-state index in [1.807, 2.05) is 0 Å². The maximum atomic E-state index is 10.9. The Kier molecular flexibility index (Phi) is 6.66. The summed E-state index contributed by atoms with van der Waals surface area (Å²) >= 11 is 0. The van der Waals surface area contributed by atoms with Gasteiger partial charge in [-0.1, -0.05) is 13.8 Å².